The van der Waals surface area contributed by atoms with E-state index in [-0.39, 0.29) is 0 Å². The number of benzene rings is 1. The first-order chi connectivity index (χ1) is 13.4. The van der Waals surface area contributed by atoms with Crippen LogP contribution in [-0.2, 0) is 11.4 Å². The minimum absolute atomic E-state index is 0.349. The molecule has 1 aromatic carbocycles. The number of ether oxygens (including phenoxy) is 1. The van der Waals surface area contributed by atoms with Crippen LogP contribution in [-0.4, -0.2) is 27.5 Å². The highest BCUT2D eigenvalue weighted by atomic mass is 32.1. The van der Waals surface area contributed by atoms with Gasteiger partial charge in [-0.25, -0.2) is 9.78 Å². The molecule has 8 heteroatoms. The Kier molecular flexibility index (Phi) is 4.58. The number of aliphatic carboxylic acids is 1. The van der Waals surface area contributed by atoms with Crippen molar-refractivity contribution in [3.8, 4) is 5.75 Å². The summed E-state index contributed by atoms with van der Waals surface area (Å²) in [5, 5.41) is 13.8. The molecule has 0 bridgehead atoms. The zero-order valence-electron chi connectivity index (χ0n) is 15.6. The van der Waals surface area contributed by atoms with Crippen molar-refractivity contribution in [1.82, 2.24) is 10.3 Å². The fourth-order valence-electron chi connectivity index (χ4n) is 3.40. The molecule has 3 aromatic rings. The quantitative estimate of drug-likeness (QED) is 0.652. The van der Waals surface area contributed by atoms with Crippen molar-refractivity contribution >= 4 is 34.2 Å². The monoisotopic (exact) mass is 400 g/mol. The van der Waals surface area contributed by atoms with Crippen LogP contribution in [0.1, 0.15) is 45.3 Å². The van der Waals surface area contributed by atoms with E-state index in [1.807, 2.05) is 6.92 Å². The fourth-order valence-corrected chi connectivity index (χ4v) is 4.11. The first kappa shape index (κ1) is 18.5. The van der Waals surface area contributed by atoms with Crippen molar-refractivity contribution in [1.29, 1.82) is 0 Å². The second kappa shape index (κ2) is 6.94. The molecule has 1 aliphatic carbocycles. The van der Waals surface area contributed by atoms with E-state index < -0.39 is 17.4 Å². The molecule has 0 aliphatic heterocycles. The smallest absolute Gasteiger partial charge is 0.329 e. The molecule has 1 amide bonds. The Labute approximate surface area is 165 Å². The lowest BCUT2D eigenvalue weighted by Gasteiger charge is -2.38. The number of thiazole rings is 1. The number of nitrogens with one attached hydrogen (secondary N) is 1. The molecule has 0 radical (unpaired) electrons. The molecule has 2 aromatic heterocycles. The topological polar surface area (TPSA) is 102 Å². The number of hydrogen-bond acceptors (Lipinski definition) is 6. The Morgan fingerprint density at radius 3 is 2.75 bits per heavy atom. The van der Waals surface area contributed by atoms with Crippen LogP contribution in [0.15, 0.2) is 28.8 Å². The van der Waals surface area contributed by atoms with Crippen LogP contribution in [0.2, 0.25) is 0 Å². The number of carboxylic acids is 1. The average Bonchev–Trinajstić information content (AvgIpc) is 3.17. The summed E-state index contributed by atoms with van der Waals surface area (Å²) < 4.78 is 11.5. The lowest BCUT2D eigenvalue weighted by Crippen LogP contribution is -2.59. The number of hydrogen-bond donors (Lipinski definition) is 2. The number of nitrogens with zero attached hydrogens (tertiary/aromatic N) is 1. The molecule has 1 aliphatic rings. The number of carboxylic acid groups (broad SMARTS) is 1. The van der Waals surface area contributed by atoms with Gasteiger partial charge in [0, 0.05) is 11.6 Å². The van der Waals surface area contributed by atoms with Gasteiger partial charge in [0.1, 0.15) is 29.2 Å². The zero-order valence-corrected chi connectivity index (χ0v) is 16.4. The Bertz CT molecular complexity index is 1060. The molecule has 4 rings (SSSR count). The van der Waals surface area contributed by atoms with Crippen molar-refractivity contribution in [3.63, 3.8) is 0 Å². The number of carbonyl (C=O) groups is 2. The van der Waals surface area contributed by atoms with Gasteiger partial charge in [-0.2, -0.15) is 0 Å². The van der Waals surface area contributed by atoms with Gasteiger partial charge in [-0.3, -0.25) is 4.79 Å². The van der Waals surface area contributed by atoms with Gasteiger partial charge < -0.3 is 19.6 Å². The van der Waals surface area contributed by atoms with Crippen LogP contribution >= 0.6 is 11.3 Å². The van der Waals surface area contributed by atoms with E-state index in [2.05, 4.69) is 10.3 Å². The third-order valence-electron chi connectivity index (χ3n) is 5.08. The normalized spacial score (nSPS) is 15.2. The van der Waals surface area contributed by atoms with Crippen molar-refractivity contribution < 1.29 is 23.8 Å². The van der Waals surface area contributed by atoms with Gasteiger partial charge in [-0.15, -0.1) is 11.3 Å². The highest BCUT2D eigenvalue weighted by molar-refractivity contribution is 7.11. The van der Waals surface area contributed by atoms with Crippen LogP contribution in [0.5, 0.6) is 5.75 Å². The Morgan fingerprint density at radius 1 is 1.36 bits per heavy atom. The molecular formula is C20H20N2O5S. The molecule has 0 unspecified atom stereocenters. The van der Waals surface area contributed by atoms with E-state index in [1.165, 1.54) is 0 Å². The lowest BCUT2D eigenvalue weighted by molar-refractivity contribution is -0.148. The minimum Gasteiger partial charge on any atom is -0.488 e. The molecule has 0 saturated heterocycles. The summed E-state index contributed by atoms with van der Waals surface area (Å²) in [5.74, 6) is -0.386. The molecule has 1 saturated carbocycles. The number of amides is 1. The van der Waals surface area contributed by atoms with Crippen LogP contribution in [0.25, 0.3) is 11.0 Å². The van der Waals surface area contributed by atoms with Crippen LogP contribution in [0, 0.1) is 13.8 Å². The maximum absolute atomic E-state index is 12.9. The van der Waals surface area contributed by atoms with Crippen molar-refractivity contribution in [2.45, 2.75) is 45.3 Å². The van der Waals surface area contributed by atoms with Crippen LogP contribution in [0.3, 0.4) is 0 Å². The first-order valence-electron chi connectivity index (χ1n) is 9.01. The third kappa shape index (κ3) is 3.24. The summed E-state index contributed by atoms with van der Waals surface area (Å²) >= 11 is 1.57. The highest BCUT2D eigenvalue weighted by Gasteiger charge is 2.46. The molecular weight excluding hydrogens is 380 g/mol. The summed E-state index contributed by atoms with van der Waals surface area (Å²) in [6.07, 6.45) is 3.44. The van der Waals surface area contributed by atoms with E-state index in [1.54, 1.807) is 42.7 Å². The second-order valence-corrected chi connectivity index (χ2v) is 8.34. The van der Waals surface area contributed by atoms with Crippen LogP contribution < -0.4 is 10.1 Å². The summed E-state index contributed by atoms with van der Waals surface area (Å²) in [6, 6.07) is 5.29. The van der Waals surface area contributed by atoms with E-state index in [4.69, 9.17) is 9.15 Å². The molecule has 0 spiro atoms. The predicted molar refractivity (Wildman–Crippen MR) is 104 cm³/mol. The lowest BCUT2D eigenvalue weighted by atomic mass is 9.76. The molecule has 7 nitrogen and oxygen atoms in total. The summed E-state index contributed by atoms with van der Waals surface area (Å²) in [7, 11) is 0. The Hall–Kier alpha value is -2.87. The molecule has 28 heavy (non-hydrogen) atoms. The van der Waals surface area contributed by atoms with E-state index in [0.29, 0.717) is 47.5 Å². The first-order valence-corrected chi connectivity index (χ1v) is 9.83. The van der Waals surface area contributed by atoms with E-state index in [9.17, 15) is 14.7 Å². The van der Waals surface area contributed by atoms with E-state index >= 15 is 0 Å². The van der Waals surface area contributed by atoms with Gasteiger partial charge in [0.05, 0.1) is 15.4 Å². The SMILES string of the molecule is Cc1ncc(COc2ccc3oc(C)c(C(=O)NC4(C(=O)O)CCC4)c3c2)s1. The number of fused-ring (bicyclic) bond motifs is 1. The summed E-state index contributed by atoms with van der Waals surface area (Å²) in [4.78, 5) is 29.6. The summed E-state index contributed by atoms with van der Waals surface area (Å²) in [5.41, 5.74) is -0.270. The fraction of sp³-hybridized carbons (Fsp3) is 0.350. The van der Waals surface area contributed by atoms with E-state index in [0.717, 1.165) is 16.3 Å². The number of rotatable bonds is 6. The van der Waals surface area contributed by atoms with Crippen molar-refractivity contribution in [2.75, 3.05) is 0 Å². The highest BCUT2D eigenvalue weighted by Crippen LogP contribution is 2.34. The van der Waals surface area contributed by atoms with Crippen molar-refractivity contribution in [2.24, 2.45) is 0 Å². The second-order valence-electron chi connectivity index (χ2n) is 7.02. The standard InChI is InChI=1S/C20H20N2O5S/c1-11-17(18(23)22-20(19(24)25)6-3-7-20)15-8-13(4-5-16(15)27-11)26-10-14-9-21-12(2)28-14/h4-5,8-9H,3,6-7,10H2,1-2H3,(H,22,23)(H,24,25). The zero-order chi connectivity index (χ0) is 19.9. The Balaban J connectivity index is 1.60. The van der Waals surface area contributed by atoms with Gasteiger partial charge >= 0.3 is 5.97 Å². The molecule has 146 valence electrons. The Morgan fingerprint density at radius 2 is 2.14 bits per heavy atom. The van der Waals surface area contributed by atoms with Gasteiger partial charge in [-0.1, -0.05) is 0 Å². The van der Waals surface area contributed by atoms with Crippen molar-refractivity contribution in [3.05, 3.63) is 45.6 Å². The molecule has 2 heterocycles. The average molecular weight is 400 g/mol. The van der Waals surface area contributed by atoms with Gasteiger partial charge in [0.25, 0.3) is 5.91 Å². The van der Waals surface area contributed by atoms with Gasteiger partial charge in [0.2, 0.25) is 0 Å². The minimum atomic E-state index is -1.18. The van der Waals surface area contributed by atoms with Crippen LogP contribution in [0.4, 0.5) is 0 Å². The molecule has 2 N–H and O–H groups in total. The maximum atomic E-state index is 12.9. The number of aryl methyl sites for hydroxylation is 2. The van der Waals surface area contributed by atoms with Gasteiger partial charge in [-0.05, 0) is 51.3 Å². The number of carbonyl (C=O) groups excluding carboxylic acids is 1. The number of furan rings is 1. The molecule has 0 atom stereocenters. The largest absolute Gasteiger partial charge is 0.488 e. The third-order valence-corrected chi connectivity index (χ3v) is 5.97. The predicted octanol–water partition coefficient (Wildman–Crippen LogP) is 3.82. The van der Waals surface area contributed by atoms with Gasteiger partial charge in [0.15, 0.2) is 0 Å². The maximum Gasteiger partial charge on any atom is 0.329 e. The summed E-state index contributed by atoms with van der Waals surface area (Å²) in [6.45, 7) is 4.02. The molecule has 1 fully saturated rings. The number of aromatic nitrogens is 1.